The molecule has 0 saturated carbocycles. The van der Waals surface area contributed by atoms with Gasteiger partial charge in [0.05, 0.1) is 6.54 Å². The maximum absolute atomic E-state index is 12.4. The molecule has 2 aromatic heterocycles. The molecule has 2 saturated heterocycles. The Labute approximate surface area is 133 Å². The number of aromatic nitrogens is 3. The van der Waals surface area contributed by atoms with Gasteiger partial charge >= 0.3 is 6.03 Å². The normalized spacial score (nSPS) is 21.0. The van der Waals surface area contributed by atoms with E-state index in [1.807, 2.05) is 24.4 Å². The summed E-state index contributed by atoms with van der Waals surface area (Å²) in [5.41, 5.74) is 0.836. The van der Waals surface area contributed by atoms with Gasteiger partial charge in [-0.2, -0.15) is 5.10 Å². The van der Waals surface area contributed by atoms with Crippen molar-refractivity contribution in [2.75, 3.05) is 6.54 Å². The average molecular weight is 311 g/mol. The zero-order valence-corrected chi connectivity index (χ0v) is 12.6. The van der Waals surface area contributed by atoms with Crippen LogP contribution in [0.15, 0.2) is 36.8 Å². The summed E-state index contributed by atoms with van der Waals surface area (Å²) in [5, 5.41) is 4.12. The van der Waals surface area contributed by atoms with Gasteiger partial charge in [-0.1, -0.05) is 6.07 Å². The van der Waals surface area contributed by atoms with Crippen molar-refractivity contribution in [3.63, 3.8) is 0 Å². The van der Waals surface area contributed by atoms with Crippen LogP contribution in [0.4, 0.5) is 4.79 Å². The second kappa shape index (κ2) is 5.49. The van der Waals surface area contributed by atoms with Gasteiger partial charge in [0.1, 0.15) is 6.04 Å². The molecule has 7 heteroatoms. The molecule has 0 bridgehead atoms. The number of urea groups is 1. The van der Waals surface area contributed by atoms with Crippen LogP contribution >= 0.6 is 0 Å². The smallest absolute Gasteiger partial charge is 0.312 e. The average Bonchev–Trinajstić information content (AvgIpc) is 3.20. The molecule has 118 valence electrons. The van der Waals surface area contributed by atoms with E-state index in [2.05, 4.69) is 10.1 Å². The summed E-state index contributed by atoms with van der Waals surface area (Å²) < 4.78 is 1.66. The zero-order chi connectivity index (χ0) is 15.8. The molecule has 0 aliphatic carbocycles. The lowest BCUT2D eigenvalue weighted by Gasteiger charge is -2.26. The molecule has 0 unspecified atom stereocenters. The van der Waals surface area contributed by atoms with E-state index < -0.39 is 0 Å². The molecule has 23 heavy (non-hydrogen) atoms. The van der Waals surface area contributed by atoms with Crippen molar-refractivity contribution >= 4 is 11.9 Å². The highest BCUT2D eigenvalue weighted by Crippen LogP contribution is 2.27. The molecule has 4 rings (SSSR count). The van der Waals surface area contributed by atoms with Gasteiger partial charge in [0.15, 0.2) is 5.82 Å². The van der Waals surface area contributed by atoms with Crippen LogP contribution in [0.5, 0.6) is 0 Å². The summed E-state index contributed by atoms with van der Waals surface area (Å²) in [6.07, 6.45) is 7.95. The van der Waals surface area contributed by atoms with E-state index in [0.717, 1.165) is 24.8 Å². The number of carbonyl (C=O) groups excluding carboxylic acids is 2. The summed E-state index contributed by atoms with van der Waals surface area (Å²) in [4.78, 5) is 32.2. The maximum atomic E-state index is 12.4. The van der Waals surface area contributed by atoms with Gasteiger partial charge in [-0.25, -0.2) is 14.5 Å². The van der Waals surface area contributed by atoms with Crippen molar-refractivity contribution < 1.29 is 9.59 Å². The van der Waals surface area contributed by atoms with Gasteiger partial charge < -0.3 is 4.90 Å². The number of carbonyl (C=O) groups is 2. The highest BCUT2D eigenvalue weighted by Gasteiger charge is 2.45. The zero-order valence-electron chi connectivity index (χ0n) is 12.6. The third kappa shape index (κ3) is 2.38. The third-order valence-corrected chi connectivity index (χ3v) is 4.42. The van der Waals surface area contributed by atoms with Crippen LogP contribution in [0.1, 0.15) is 24.8 Å². The van der Waals surface area contributed by atoms with E-state index in [-0.39, 0.29) is 24.5 Å². The van der Waals surface area contributed by atoms with Crippen LogP contribution in [0, 0.1) is 0 Å². The van der Waals surface area contributed by atoms with Crippen molar-refractivity contribution in [3.05, 3.63) is 42.4 Å². The topological polar surface area (TPSA) is 71.3 Å². The Kier molecular flexibility index (Phi) is 3.33. The van der Waals surface area contributed by atoms with Gasteiger partial charge in [-0.15, -0.1) is 0 Å². The Bertz CT molecular complexity index is 701. The van der Waals surface area contributed by atoms with Crippen LogP contribution in [0.25, 0.3) is 5.82 Å². The van der Waals surface area contributed by atoms with E-state index in [0.29, 0.717) is 12.4 Å². The Morgan fingerprint density at radius 3 is 2.83 bits per heavy atom. The van der Waals surface area contributed by atoms with Crippen LogP contribution in [0.3, 0.4) is 0 Å². The molecule has 2 aliphatic rings. The van der Waals surface area contributed by atoms with Gasteiger partial charge in [-0.05, 0) is 37.0 Å². The standard InChI is InChI=1S/C16H17N5O2/c22-15-13-4-1-2-8-19(13)16(23)20(15)11-12-5-6-14(17-10-12)21-9-3-7-18-21/h3,5-7,9-10,13H,1-2,4,8,11H2/t13-/m1/s1. The highest BCUT2D eigenvalue weighted by atomic mass is 16.2. The van der Waals surface area contributed by atoms with Crippen LogP contribution < -0.4 is 0 Å². The maximum Gasteiger partial charge on any atom is 0.327 e. The van der Waals surface area contributed by atoms with Gasteiger partial charge in [0.2, 0.25) is 0 Å². The number of imide groups is 1. The molecule has 2 fully saturated rings. The van der Waals surface area contributed by atoms with Crippen molar-refractivity contribution in [1.82, 2.24) is 24.6 Å². The van der Waals surface area contributed by atoms with Crippen LogP contribution in [-0.2, 0) is 11.3 Å². The molecule has 3 amide bonds. The first-order valence-electron chi connectivity index (χ1n) is 7.81. The molecule has 0 radical (unpaired) electrons. The van der Waals surface area contributed by atoms with E-state index in [1.54, 1.807) is 22.0 Å². The summed E-state index contributed by atoms with van der Waals surface area (Å²) >= 11 is 0. The molecule has 2 aliphatic heterocycles. The van der Waals surface area contributed by atoms with E-state index in [1.165, 1.54) is 4.90 Å². The van der Waals surface area contributed by atoms with Crippen LogP contribution in [-0.4, -0.2) is 49.1 Å². The summed E-state index contributed by atoms with van der Waals surface area (Å²) in [5.74, 6) is 0.626. The monoisotopic (exact) mass is 311 g/mol. The minimum absolute atomic E-state index is 0.0779. The summed E-state index contributed by atoms with van der Waals surface area (Å²) in [6, 6.07) is 5.11. The fraction of sp³-hybridized carbons (Fsp3) is 0.375. The van der Waals surface area contributed by atoms with Crippen molar-refractivity contribution in [3.8, 4) is 5.82 Å². The minimum Gasteiger partial charge on any atom is -0.312 e. The quantitative estimate of drug-likeness (QED) is 0.807. The van der Waals surface area contributed by atoms with Gasteiger partial charge in [0, 0.05) is 25.1 Å². The molecule has 7 nitrogen and oxygen atoms in total. The number of amides is 3. The molecule has 2 aromatic rings. The lowest BCUT2D eigenvalue weighted by Crippen LogP contribution is -2.38. The number of rotatable bonds is 3. The Balaban J connectivity index is 1.51. The number of pyridine rings is 1. The highest BCUT2D eigenvalue weighted by molar-refractivity contribution is 6.04. The number of hydrogen-bond acceptors (Lipinski definition) is 4. The molecular weight excluding hydrogens is 294 g/mol. The van der Waals surface area contributed by atoms with E-state index in [4.69, 9.17) is 0 Å². The predicted molar refractivity (Wildman–Crippen MR) is 81.7 cm³/mol. The molecule has 4 heterocycles. The lowest BCUT2D eigenvalue weighted by atomic mass is 10.0. The van der Waals surface area contributed by atoms with Crippen molar-refractivity contribution in [2.45, 2.75) is 31.8 Å². The second-order valence-corrected chi connectivity index (χ2v) is 5.89. The molecule has 1 atom stereocenters. The first-order chi connectivity index (χ1) is 11.2. The number of nitrogens with zero attached hydrogens (tertiary/aromatic N) is 5. The Morgan fingerprint density at radius 2 is 2.13 bits per heavy atom. The van der Waals surface area contributed by atoms with Gasteiger partial charge in [-0.3, -0.25) is 9.69 Å². The lowest BCUT2D eigenvalue weighted by molar-refractivity contribution is -0.129. The predicted octanol–water partition coefficient (Wildman–Crippen LogP) is 1.58. The van der Waals surface area contributed by atoms with Crippen LogP contribution in [0.2, 0.25) is 0 Å². The Morgan fingerprint density at radius 1 is 1.22 bits per heavy atom. The molecule has 0 aromatic carbocycles. The minimum atomic E-state index is -0.257. The van der Waals surface area contributed by atoms with E-state index >= 15 is 0 Å². The largest absolute Gasteiger partial charge is 0.327 e. The number of piperidine rings is 1. The Hall–Kier alpha value is -2.70. The first kappa shape index (κ1) is 13.9. The van der Waals surface area contributed by atoms with Crippen molar-refractivity contribution in [2.24, 2.45) is 0 Å². The van der Waals surface area contributed by atoms with Crippen molar-refractivity contribution in [1.29, 1.82) is 0 Å². The number of fused-ring (bicyclic) bond motifs is 1. The summed E-state index contributed by atoms with van der Waals surface area (Å²) in [7, 11) is 0. The summed E-state index contributed by atoms with van der Waals surface area (Å²) in [6.45, 7) is 0.958. The number of hydrogen-bond donors (Lipinski definition) is 0. The molecule has 0 N–H and O–H groups in total. The first-order valence-corrected chi connectivity index (χ1v) is 7.81. The molecular formula is C16H17N5O2. The molecule has 0 spiro atoms. The van der Waals surface area contributed by atoms with E-state index in [9.17, 15) is 9.59 Å². The SMILES string of the molecule is O=C1[C@H]2CCCCN2C(=O)N1Cc1ccc(-n2cccn2)nc1. The van der Waals surface area contributed by atoms with Gasteiger partial charge in [0.25, 0.3) is 5.91 Å². The third-order valence-electron chi connectivity index (χ3n) is 4.42. The fourth-order valence-corrected chi connectivity index (χ4v) is 3.22. The second-order valence-electron chi connectivity index (χ2n) is 5.89. The fourth-order valence-electron chi connectivity index (χ4n) is 3.22.